The molecule has 1 heterocycles. The second kappa shape index (κ2) is 5.91. The highest BCUT2D eigenvalue weighted by Crippen LogP contribution is 2.37. The first-order chi connectivity index (χ1) is 11.3. The summed E-state index contributed by atoms with van der Waals surface area (Å²) < 4.78 is 2.03. The van der Waals surface area contributed by atoms with E-state index >= 15 is 0 Å². The van der Waals surface area contributed by atoms with Crippen LogP contribution >= 0.6 is 0 Å². The topological polar surface area (TPSA) is 90.9 Å². The Labute approximate surface area is 141 Å². The maximum Gasteiger partial charge on any atom is 0.229 e. The minimum atomic E-state index is -1.07. The van der Waals surface area contributed by atoms with Gasteiger partial charge in [0.1, 0.15) is 0 Å². The molecule has 1 aliphatic rings. The quantitative estimate of drug-likeness (QED) is 0.903. The van der Waals surface area contributed by atoms with E-state index in [9.17, 15) is 15.2 Å². The molecule has 3 rings (SSSR count). The minimum absolute atomic E-state index is 0.00332. The highest BCUT2D eigenvalue weighted by molar-refractivity contribution is 5.92. The highest BCUT2D eigenvalue weighted by atomic mass is 16.3. The molecule has 24 heavy (non-hydrogen) atoms. The number of imidazole rings is 1. The van der Waals surface area contributed by atoms with Crippen molar-refractivity contribution in [2.75, 3.05) is 5.32 Å². The van der Waals surface area contributed by atoms with Crippen LogP contribution in [0.15, 0.2) is 12.1 Å². The van der Waals surface area contributed by atoms with Crippen LogP contribution in [0.2, 0.25) is 0 Å². The smallest absolute Gasteiger partial charge is 0.229 e. The van der Waals surface area contributed by atoms with E-state index in [1.165, 1.54) is 0 Å². The summed E-state index contributed by atoms with van der Waals surface area (Å²) in [5.74, 6) is 0.231. The Morgan fingerprint density at radius 3 is 2.75 bits per heavy atom. The summed E-state index contributed by atoms with van der Waals surface area (Å²) >= 11 is 0. The second-order valence-corrected chi connectivity index (χ2v) is 7.20. The Hall–Kier alpha value is -2.39. The predicted molar refractivity (Wildman–Crippen MR) is 91.6 cm³/mol. The Bertz CT molecular complexity index is 835. The van der Waals surface area contributed by atoms with Gasteiger partial charge in [-0.25, -0.2) is 4.98 Å². The maximum atomic E-state index is 12.2. The second-order valence-electron chi connectivity index (χ2n) is 7.20. The Kier molecular flexibility index (Phi) is 4.06. The van der Waals surface area contributed by atoms with E-state index in [2.05, 4.69) is 16.4 Å². The van der Waals surface area contributed by atoms with Crippen LogP contribution in [-0.4, -0.2) is 26.2 Å². The van der Waals surface area contributed by atoms with Crippen molar-refractivity contribution in [1.82, 2.24) is 9.55 Å². The zero-order chi connectivity index (χ0) is 17.5. The average molecular weight is 326 g/mol. The van der Waals surface area contributed by atoms with Crippen LogP contribution in [0.25, 0.3) is 11.0 Å². The number of rotatable bonds is 4. The monoisotopic (exact) mass is 326 g/mol. The normalized spacial score (nSPS) is 15.1. The molecule has 0 unspecified atom stereocenters. The Balaban J connectivity index is 2.03. The number of carbonyl (C=O) groups excluding carboxylic acids is 1. The van der Waals surface area contributed by atoms with Crippen molar-refractivity contribution in [3.8, 4) is 6.07 Å². The Morgan fingerprint density at radius 1 is 1.50 bits per heavy atom. The summed E-state index contributed by atoms with van der Waals surface area (Å²) in [5, 5.41) is 21.9. The van der Waals surface area contributed by atoms with Crippen molar-refractivity contribution in [3.05, 3.63) is 23.3 Å². The number of carbonyl (C=O) groups is 1. The van der Waals surface area contributed by atoms with E-state index in [-0.39, 0.29) is 12.3 Å². The molecule has 2 N–H and O–H groups in total. The van der Waals surface area contributed by atoms with Crippen LogP contribution in [-0.2, 0) is 4.79 Å². The van der Waals surface area contributed by atoms with Gasteiger partial charge >= 0.3 is 0 Å². The number of benzene rings is 1. The van der Waals surface area contributed by atoms with Gasteiger partial charge in [0.2, 0.25) is 11.9 Å². The van der Waals surface area contributed by atoms with Crippen molar-refractivity contribution >= 4 is 22.9 Å². The van der Waals surface area contributed by atoms with Crippen molar-refractivity contribution in [3.63, 3.8) is 0 Å². The molecule has 126 valence electrons. The van der Waals surface area contributed by atoms with Crippen molar-refractivity contribution in [2.45, 2.75) is 58.1 Å². The molecule has 6 nitrogen and oxygen atoms in total. The first kappa shape index (κ1) is 16.5. The third-order valence-electron chi connectivity index (χ3n) is 4.44. The summed E-state index contributed by atoms with van der Waals surface area (Å²) in [7, 11) is 0. The molecule has 0 aliphatic heterocycles. The lowest BCUT2D eigenvalue weighted by Gasteiger charge is -2.29. The number of nitrogens with one attached hydrogen (secondary N) is 1. The molecule has 6 heteroatoms. The molecule has 0 saturated heterocycles. The SMILES string of the molecule is Cc1cc2nc(NC(=O)CC(C)(C)O)n(C3CCC3)c2cc1C#N. The van der Waals surface area contributed by atoms with Crippen LogP contribution in [0.5, 0.6) is 0 Å². The van der Waals surface area contributed by atoms with Crippen LogP contribution < -0.4 is 5.32 Å². The largest absolute Gasteiger partial charge is 0.390 e. The number of nitrogens with zero attached hydrogens (tertiary/aromatic N) is 3. The fraction of sp³-hybridized carbons (Fsp3) is 0.500. The number of hydrogen-bond acceptors (Lipinski definition) is 4. The van der Waals surface area contributed by atoms with Crippen LogP contribution in [0.4, 0.5) is 5.95 Å². The zero-order valence-electron chi connectivity index (χ0n) is 14.3. The molecule has 2 aromatic rings. The fourth-order valence-corrected chi connectivity index (χ4v) is 3.03. The van der Waals surface area contributed by atoms with Crippen molar-refractivity contribution in [2.24, 2.45) is 0 Å². The van der Waals surface area contributed by atoms with Crippen molar-refractivity contribution < 1.29 is 9.90 Å². The molecule has 0 bridgehead atoms. The maximum absolute atomic E-state index is 12.2. The summed E-state index contributed by atoms with van der Waals surface area (Å²) in [6.07, 6.45) is 3.23. The first-order valence-electron chi connectivity index (χ1n) is 8.23. The number of fused-ring (bicyclic) bond motifs is 1. The van der Waals surface area contributed by atoms with Gasteiger partial charge in [0.05, 0.1) is 34.7 Å². The summed E-state index contributed by atoms with van der Waals surface area (Å²) in [5.41, 5.74) is 2.08. The zero-order valence-corrected chi connectivity index (χ0v) is 14.3. The highest BCUT2D eigenvalue weighted by Gasteiger charge is 2.27. The molecule has 1 saturated carbocycles. The number of hydrogen-bond donors (Lipinski definition) is 2. The predicted octanol–water partition coefficient (Wildman–Crippen LogP) is 3.04. The molecule has 0 radical (unpaired) electrons. The van der Waals surface area contributed by atoms with Crippen molar-refractivity contribution in [1.29, 1.82) is 5.26 Å². The Morgan fingerprint density at radius 2 is 2.21 bits per heavy atom. The van der Waals surface area contributed by atoms with Gasteiger partial charge in [-0.1, -0.05) is 0 Å². The molecule has 0 spiro atoms. The lowest BCUT2D eigenvalue weighted by molar-refractivity contribution is -0.119. The lowest BCUT2D eigenvalue weighted by Crippen LogP contribution is -2.29. The number of aliphatic hydroxyl groups is 1. The number of anilines is 1. The van der Waals surface area contributed by atoms with E-state index in [0.717, 1.165) is 35.9 Å². The lowest BCUT2D eigenvalue weighted by atomic mass is 9.92. The van der Waals surface area contributed by atoms with Gasteiger partial charge in [-0.15, -0.1) is 0 Å². The van der Waals surface area contributed by atoms with Gasteiger partial charge in [-0.2, -0.15) is 5.26 Å². The minimum Gasteiger partial charge on any atom is -0.390 e. The van der Waals surface area contributed by atoms with Gasteiger partial charge in [0.25, 0.3) is 0 Å². The summed E-state index contributed by atoms with van der Waals surface area (Å²) in [6.45, 7) is 5.08. The molecule has 1 amide bonds. The molecule has 1 aliphatic carbocycles. The van der Waals surface area contributed by atoms with Crippen LogP contribution in [0, 0.1) is 18.3 Å². The fourth-order valence-electron chi connectivity index (χ4n) is 3.03. The molecular weight excluding hydrogens is 304 g/mol. The van der Waals surface area contributed by atoms with E-state index in [1.807, 2.05) is 23.6 Å². The summed E-state index contributed by atoms with van der Waals surface area (Å²) in [4.78, 5) is 16.8. The third kappa shape index (κ3) is 3.13. The van der Waals surface area contributed by atoms with Gasteiger partial charge in [0, 0.05) is 6.04 Å². The molecule has 0 atom stereocenters. The number of aromatic nitrogens is 2. The van der Waals surface area contributed by atoms with Gasteiger partial charge < -0.3 is 9.67 Å². The van der Waals surface area contributed by atoms with Crippen LogP contribution in [0.3, 0.4) is 0 Å². The molecule has 1 fully saturated rings. The van der Waals surface area contributed by atoms with Gasteiger partial charge in [-0.05, 0) is 57.7 Å². The summed E-state index contributed by atoms with van der Waals surface area (Å²) in [6, 6.07) is 6.23. The van der Waals surface area contributed by atoms with Gasteiger partial charge in [-0.3, -0.25) is 10.1 Å². The van der Waals surface area contributed by atoms with Crippen LogP contribution in [0.1, 0.15) is 56.7 Å². The van der Waals surface area contributed by atoms with E-state index < -0.39 is 5.60 Å². The van der Waals surface area contributed by atoms with E-state index in [0.29, 0.717) is 17.6 Å². The number of amides is 1. The average Bonchev–Trinajstić information content (AvgIpc) is 2.71. The van der Waals surface area contributed by atoms with E-state index in [1.54, 1.807) is 13.8 Å². The molecule has 1 aromatic heterocycles. The molecule has 1 aromatic carbocycles. The van der Waals surface area contributed by atoms with E-state index in [4.69, 9.17) is 0 Å². The number of nitriles is 1. The first-order valence-corrected chi connectivity index (χ1v) is 8.23. The van der Waals surface area contributed by atoms with Gasteiger partial charge in [0.15, 0.2) is 0 Å². The molecular formula is C18H22N4O2. The number of aryl methyl sites for hydroxylation is 1. The standard InChI is InChI=1S/C18H22N4O2/c1-11-7-14-15(8-12(11)10-19)22(13-5-4-6-13)17(20-14)21-16(23)9-18(2,3)24/h7-8,13,24H,4-6,9H2,1-3H3,(H,20,21,23). The third-order valence-corrected chi connectivity index (χ3v) is 4.44.